The van der Waals surface area contributed by atoms with Crippen LogP contribution in [0.3, 0.4) is 0 Å². The van der Waals surface area contributed by atoms with Gasteiger partial charge in [0.15, 0.2) is 15.6 Å². The summed E-state index contributed by atoms with van der Waals surface area (Å²) in [4.78, 5) is 11.7. The smallest absolute Gasteiger partial charge is 0.181 e. The normalized spacial score (nSPS) is 11.0. The van der Waals surface area contributed by atoms with Gasteiger partial charge in [0.1, 0.15) is 17.3 Å². The maximum Gasteiger partial charge on any atom is 0.181 e. The number of benzene rings is 1. The van der Waals surface area contributed by atoms with Crippen molar-refractivity contribution < 1.29 is 22.7 Å². The van der Waals surface area contributed by atoms with Crippen LogP contribution in [0.1, 0.15) is 10.4 Å². The third-order valence-electron chi connectivity index (χ3n) is 2.10. The van der Waals surface area contributed by atoms with Gasteiger partial charge in [-0.2, -0.15) is 0 Å². The van der Waals surface area contributed by atoms with Crippen LogP contribution < -0.4 is 9.47 Å². The van der Waals surface area contributed by atoms with Crippen molar-refractivity contribution in [3.05, 3.63) is 23.8 Å². The summed E-state index contributed by atoms with van der Waals surface area (Å²) in [6, 6.07) is 4.61. The van der Waals surface area contributed by atoms with Gasteiger partial charge in [-0.3, -0.25) is 4.79 Å². The lowest BCUT2D eigenvalue weighted by Gasteiger charge is -2.08. The molecule has 0 N–H and O–H groups in total. The van der Waals surface area contributed by atoms with E-state index >= 15 is 0 Å². The second kappa shape index (κ2) is 5.18. The molecule has 0 atom stereocenters. The zero-order chi connectivity index (χ0) is 13.1. The number of ketones is 1. The van der Waals surface area contributed by atoms with Crippen LogP contribution in [0.5, 0.6) is 11.5 Å². The monoisotopic (exact) mass is 258 g/mol. The lowest BCUT2D eigenvalue weighted by atomic mass is 10.1. The van der Waals surface area contributed by atoms with E-state index in [1.807, 2.05) is 0 Å². The van der Waals surface area contributed by atoms with Gasteiger partial charge in [-0.05, 0) is 12.1 Å². The van der Waals surface area contributed by atoms with Crippen LogP contribution >= 0.6 is 0 Å². The maximum atomic E-state index is 11.7. The summed E-state index contributed by atoms with van der Waals surface area (Å²) in [5.41, 5.74) is 0.235. The molecule has 0 fully saturated rings. The molecule has 0 saturated carbocycles. The second-order valence-corrected chi connectivity index (χ2v) is 5.70. The van der Waals surface area contributed by atoms with Gasteiger partial charge in [-0.15, -0.1) is 0 Å². The number of sulfone groups is 1. The highest BCUT2D eigenvalue weighted by molar-refractivity contribution is 7.91. The summed E-state index contributed by atoms with van der Waals surface area (Å²) in [5.74, 6) is -0.182. The van der Waals surface area contributed by atoms with Crippen LogP contribution in [0.4, 0.5) is 0 Å². The number of rotatable bonds is 5. The topological polar surface area (TPSA) is 69.7 Å². The van der Waals surface area contributed by atoms with Crippen molar-refractivity contribution in [3.8, 4) is 11.5 Å². The third kappa shape index (κ3) is 3.74. The molecule has 0 spiro atoms. The fourth-order valence-corrected chi connectivity index (χ4v) is 1.98. The predicted octanol–water partition coefficient (Wildman–Crippen LogP) is 0.931. The first-order valence-corrected chi connectivity index (χ1v) is 6.86. The van der Waals surface area contributed by atoms with Gasteiger partial charge in [0.25, 0.3) is 0 Å². The zero-order valence-corrected chi connectivity index (χ0v) is 10.7. The molecule has 0 unspecified atom stereocenters. The van der Waals surface area contributed by atoms with E-state index < -0.39 is 21.4 Å². The van der Waals surface area contributed by atoms with Crippen molar-refractivity contribution in [2.24, 2.45) is 0 Å². The Hall–Kier alpha value is -1.56. The summed E-state index contributed by atoms with van der Waals surface area (Å²) in [6.45, 7) is 0. The van der Waals surface area contributed by atoms with Gasteiger partial charge in [-0.1, -0.05) is 0 Å². The molecule has 0 aliphatic rings. The Morgan fingerprint density at radius 3 is 2.35 bits per heavy atom. The Labute approximate surface area is 100 Å². The standard InChI is InChI=1S/C11H14O5S/c1-15-8-4-5-9(11(6-8)16-2)10(12)7-17(3,13)14/h4-6H,7H2,1-3H3. The lowest BCUT2D eigenvalue weighted by Crippen LogP contribution is -2.15. The van der Waals surface area contributed by atoms with Gasteiger partial charge in [-0.25, -0.2) is 8.42 Å². The number of Topliss-reactive ketones (excluding diaryl/α,β-unsaturated/α-hetero) is 1. The van der Waals surface area contributed by atoms with Crippen LogP contribution in [-0.2, 0) is 9.84 Å². The minimum atomic E-state index is -3.35. The van der Waals surface area contributed by atoms with Gasteiger partial charge in [0.2, 0.25) is 0 Å². The molecule has 94 valence electrons. The molecule has 6 heteroatoms. The molecular weight excluding hydrogens is 244 g/mol. The van der Waals surface area contributed by atoms with Crippen molar-refractivity contribution in [2.75, 3.05) is 26.2 Å². The molecule has 0 radical (unpaired) electrons. The highest BCUT2D eigenvalue weighted by Crippen LogP contribution is 2.25. The summed E-state index contributed by atoms with van der Waals surface area (Å²) in [5, 5.41) is 0. The molecule has 0 amide bonds. The van der Waals surface area contributed by atoms with Gasteiger partial charge >= 0.3 is 0 Å². The number of methoxy groups -OCH3 is 2. The number of carbonyl (C=O) groups excluding carboxylic acids is 1. The van der Waals surface area contributed by atoms with E-state index in [4.69, 9.17) is 9.47 Å². The Balaban J connectivity index is 3.09. The van der Waals surface area contributed by atoms with Gasteiger partial charge < -0.3 is 9.47 Å². The van der Waals surface area contributed by atoms with Crippen molar-refractivity contribution >= 4 is 15.6 Å². The average Bonchev–Trinajstić information content (AvgIpc) is 2.25. The first-order valence-electron chi connectivity index (χ1n) is 4.80. The molecule has 1 aromatic rings. The minimum absolute atomic E-state index is 0.235. The first kappa shape index (κ1) is 13.5. The summed E-state index contributed by atoms with van der Waals surface area (Å²) < 4.78 is 32.1. The van der Waals surface area contributed by atoms with Crippen molar-refractivity contribution in [1.29, 1.82) is 0 Å². The second-order valence-electron chi connectivity index (χ2n) is 3.56. The summed E-state index contributed by atoms with van der Waals surface area (Å²) >= 11 is 0. The fraction of sp³-hybridized carbons (Fsp3) is 0.364. The highest BCUT2D eigenvalue weighted by Gasteiger charge is 2.17. The highest BCUT2D eigenvalue weighted by atomic mass is 32.2. The third-order valence-corrected chi connectivity index (χ3v) is 2.89. The number of carbonyl (C=O) groups is 1. The minimum Gasteiger partial charge on any atom is -0.497 e. The van der Waals surface area contributed by atoms with E-state index in [9.17, 15) is 13.2 Å². The molecule has 1 aromatic carbocycles. The molecule has 0 bridgehead atoms. The van der Waals surface area contributed by atoms with Crippen molar-refractivity contribution in [3.63, 3.8) is 0 Å². The van der Waals surface area contributed by atoms with Crippen LogP contribution in [0.15, 0.2) is 18.2 Å². The van der Waals surface area contributed by atoms with Crippen LogP contribution in [0.25, 0.3) is 0 Å². The van der Waals surface area contributed by atoms with E-state index in [2.05, 4.69) is 0 Å². The molecule has 17 heavy (non-hydrogen) atoms. The number of ether oxygens (including phenoxy) is 2. The first-order chi connectivity index (χ1) is 7.87. The quantitative estimate of drug-likeness (QED) is 0.735. The van der Waals surface area contributed by atoms with Crippen molar-refractivity contribution in [1.82, 2.24) is 0 Å². The maximum absolute atomic E-state index is 11.7. The molecule has 0 heterocycles. The molecule has 0 aliphatic carbocycles. The van der Waals surface area contributed by atoms with Crippen LogP contribution in [-0.4, -0.2) is 40.4 Å². The molecule has 1 rings (SSSR count). The molecule has 0 aromatic heterocycles. The number of hydrogen-bond donors (Lipinski definition) is 0. The molecular formula is C11H14O5S. The van der Waals surface area contributed by atoms with Crippen LogP contribution in [0, 0.1) is 0 Å². The van der Waals surface area contributed by atoms with E-state index in [0.29, 0.717) is 11.5 Å². The largest absolute Gasteiger partial charge is 0.497 e. The van der Waals surface area contributed by atoms with Crippen molar-refractivity contribution in [2.45, 2.75) is 0 Å². The molecule has 0 aliphatic heterocycles. The van der Waals surface area contributed by atoms with Crippen LogP contribution in [0.2, 0.25) is 0 Å². The predicted molar refractivity (Wildman–Crippen MR) is 63.6 cm³/mol. The Morgan fingerprint density at radius 2 is 1.88 bits per heavy atom. The van der Waals surface area contributed by atoms with E-state index in [0.717, 1.165) is 6.26 Å². The zero-order valence-electron chi connectivity index (χ0n) is 9.89. The Kier molecular flexibility index (Phi) is 4.11. The van der Waals surface area contributed by atoms with E-state index in [1.165, 1.54) is 26.4 Å². The molecule has 5 nitrogen and oxygen atoms in total. The fourth-order valence-electron chi connectivity index (χ4n) is 1.34. The average molecular weight is 258 g/mol. The molecule has 0 saturated heterocycles. The Bertz CT molecular complexity index is 519. The Morgan fingerprint density at radius 1 is 1.24 bits per heavy atom. The van der Waals surface area contributed by atoms with Gasteiger partial charge in [0, 0.05) is 12.3 Å². The summed E-state index contributed by atoms with van der Waals surface area (Å²) in [7, 11) is -0.447. The lowest BCUT2D eigenvalue weighted by molar-refractivity contribution is 0.101. The SMILES string of the molecule is COc1ccc(C(=O)CS(C)(=O)=O)c(OC)c1. The number of hydrogen-bond acceptors (Lipinski definition) is 5. The van der Waals surface area contributed by atoms with E-state index in [1.54, 1.807) is 6.07 Å². The summed E-state index contributed by atoms with van der Waals surface area (Å²) in [6.07, 6.45) is 1.01. The van der Waals surface area contributed by atoms with Gasteiger partial charge in [0.05, 0.1) is 19.8 Å². The van der Waals surface area contributed by atoms with E-state index in [-0.39, 0.29) is 5.56 Å².